The third-order valence-electron chi connectivity index (χ3n) is 1.60. The lowest BCUT2D eigenvalue weighted by Gasteiger charge is -2.14. The van der Waals surface area contributed by atoms with E-state index in [9.17, 15) is 14.7 Å². The number of rotatable bonds is 7. The highest BCUT2D eigenvalue weighted by molar-refractivity contribution is 7.99. The first-order chi connectivity index (χ1) is 7.34. The number of aliphatic carboxylic acids is 1. The van der Waals surface area contributed by atoms with E-state index in [1.54, 1.807) is 0 Å². The minimum atomic E-state index is -1.11. The van der Waals surface area contributed by atoms with E-state index in [1.807, 2.05) is 0 Å². The Kier molecular flexibility index (Phi) is 7.20. The number of aliphatic hydroxyl groups excluding tert-OH is 1. The summed E-state index contributed by atoms with van der Waals surface area (Å²) in [5.74, 6) is -1.11. The van der Waals surface area contributed by atoms with Crippen molar-refractivity contribution < 1.29 is 19.8 Å². The Morgan fingerprint density at radius 3 is 2.44 bits per heavy atom. The van der Waals surface area contributed by atoms with Gasteiger partial charge in [0.1, 0.15) is 6.04 Å². The highest BCUT2D eigenvalue weighted by atomic mass is 35.5. The lowest BCUT2D eigenvalue weighted by molar-refractivity contribution is -0.140. The van der Waals surface area contributed by atoms with E-state index in [1.165, 1.54) is 18.7 Å². The quantitative estimate of drug-likeness (QED) is 0.622. The van der Waals surface area contributed by atoms with Crippen molar-refractivity contribution in [3.8, 4) is 0 Å². The molecule has 0 aromatic heterocycles. The first-order valence-electron chi connectivity index (χ1n) is 4.44. The lowest BCUT2D eigenvalue weighted by atomic mass is 10.3. The van der Waals surface area contributed by atoms with Crippen molar-refractivity contribution in [3.63, 3.8) is 0 Å². The van der Waals surface area contributed by atoms with Gasteiger partial charge < -0.3 is 15.5 Å². The number of halogens is 1. The zero-order valence-corrected chi connectivity index (χ0v) is 10.3. The monoisotopic (exact) mass is 267 g/mol. The number of carboxylic acids is 1. The zero-order valence-electron chi connectivity index (χ0n) is 8.77. The molecule has 0 spiro atoms. The molecular weight excluding hydrogens is 254 g/mol. The van der Waals surface area contributed by atoms with Crippen LogP contribution in [-0.4, -0.2) is 45.7 Å². The molecule has 0 heterocycles. The molecule has 16 heavy (non-hydrogen) atoms. The largest absolute Gasteiger partial charge is 0.480 e. The predicted octanol–water partition coefficient (Wildman–Crippen LogP) is 0.422. The molecule has 0 saturated carbocycles. The van der Waals surface area contributed by atoms with E-state index >= 15 is 0 Å². The molecular formula is C9H14ClNO4S. The molecule has 92 valence electrons. The molecule has 0 bridgehead atoms. The summed E-state index contributed by atoms with van der Waals surface area (Å²) in [5.41, 5.74) is 0. The molecule has 0 aromatic rings. The summed E-state index contributed by atoms with van der Waals surface area (Å²) >= 11 is 6.62. The maximum atomic E-state index is 10.7. The van der Waals surface area contributed by atoms with E-state index in [-0.39, 0.29) is 16.5 Å². The number of aliphatic hydroxyl groups is 1. The normalized spacial score (nSPS) is 13.9. The summed E-state index contributed by atoms with van der Waals surface area (Å²) in [4.78, 5) is 21.4. The summed E-state index contributed by atoms with van der Waals surface area (Å²) in [6.07, 6.45) is -0.876. The van der Waals surface area contributed by atoms with Crippen molar-refractivity contribution >= 4 is 35.2 Å². The fourth-order valence-electron chi connectivity index (χ4n) is 0.808. The van der Waals surface area contributed by atoms with Crippen molar-refractivity contribution in [1.29, 1.82) is 0 Å². The van der Waals surface area contributed by atoms with E-state index in [2.05, 4.69) is 11.9 Å². The second-order valence-electron chi connectivity index (χ2n) is 3.09. The third-order valence-corrected chi connectivity index (χ3v) is 2.97. The number of hydrogen-bond donors (Lipinski definition) is 3. The fraction of sp³-hybridized carbons (Fsp3) is 0.556. The second-order valence-corrected chi connectivity index (χ2v) is 4.65. The molecule has 7 heteroatoms. The van der Waals surface area contributed by atoms with Gasteiger partial charge in [0, 0.05) is 23.5 Å². The van der Waals surface area contributed by atoms with Gasteiger partial charge in [0.2, 0.25) is 5.91 Å². The zero-order chi connectivity index (χ0) is 12.7. The van der Waals surface area contributed by atoms with Gasteiger partial charge in [-0.25, -0.2) is 4.79 Å². The van der Waals surface area contributed by atoms with E-state index in [0.717, 1.165) is 0 Å². The molecule has 2 atom stereocenters. The minimum Gasteiger partial charge on any atom is -0.480 e. The Balaban J connectivity index is 3.99. The Hall–Kier alpha value is -0.720. The molecule has 0 radical (unpaired) electrons. The number of carboxylic acid groups (broad SMARTS) is 1. The summed E-state index contributed by atoms with van der Waals surface area (Å²) in [6.45, 7) is 4.60. The molecule has 0 saturated heterocycles. The topological polar surface area (TPSA) is 86.6 Å². The fourth-order valence-corrected chi connectivity index (χ4v) is 2.00. The van der Waals surface area contributed by atoms with Crippen LogP contribution >= 0.6 is 23.4 Å². The van der Waals surface area contributed by atoms with Crippen LogP contribution in [0.1, 0.15) is 6.92 Å². The number of hydrogen-bond acceptors (Lipinski definition) is 4. The Labute approximate surface area is 103 Å². The average Bonchev–Trinajstić information content (AvgIpc) is 2.14. The van der Waals surface area contributed by atoms with Crippen molar-refractivity contribution in [2.45, 2.75) is 19.1 Å². The van der Waals surface area contributed by atoms with Crippen LogP contribution in [0.4, 0.5) is 0 Å². The van der Waals surface area contributed by atoms with E-state index < -0.39 is 24.0 Å². The first-order valence-corrected chi connectivity index (χ1v) is 5.98. The van der Waals surface area contributed by atoms with Crippen LogP contribution < -0.4 is 5.32 Å². The van der Waals surface area contributed by atoms with Crippen LogP contribution in [0.2, 0.25) is 0 Å². The van der Waals surface area contributed by atoms with Gasteiger partial charge in [0.15, 0.2) is 0 Å². The van der Waals surface area contributed by atoms with Gasteiger partial charge in [-0.1, -0.05) is 18.2 Å². The smallest absolute Gasteiger partial charge is 0.327 e. The maximum Gasteiger partial charge on any atom is 0.327 e. The van der Waals surface area contributed by atoms with Gasteiger partial charge in [-0.3, -0.25) is 4.79 Å². The van der Waals surface area contributed by atoms with Crippen molar-refractivity contribution in [3.05, 3.63) is 11.6 Å². The van der Waals surface area contributed by atoms with Gasteiger partial charge in [-0.05, 0) is 0 Å². The Bertz CT molecular complexity index is 285. The summed E-state index contributed by atoms with van der Waals surface area (Å²) in [6, 6.07) is -0.960. The van der Waals surface area contributed by atoms with Crippen molar-refractivity contribution in [1.82, 2.24) is 5.32 Å². The van der Waals surface area contributed by atoms with Crippen LogP contribution in [0.25, 0.3) is 0 Å². The highest BCUT2D eigenvalue weighted by Crippen LogP contribution is 2.12. The van der Waals surface area contributed by atoms with Crippen molar-refractivity contribution in [2.75, 3.05) is 11.5 Å². The SMILES string of the molecule is C=C(Cl)C(O)CSC[C@H](NC(C)=O)C(=O)O. The highest BCUT2D eigenvalue weighted by Gasteiger charge is 2.18. The molecule has 1 amide bonds. The molecule has 0 fully saturated rings. The van der Waals surface area contributed by atoms with Gasteiger partial charge >= 0.3 is 5.97 Å². The number of carbonyl (C=O) groups is 2. The van der Waals surface area contributed by atoms with Gasteiger partial charge in [0.25, 0.3) is 0 Å². The molecule has 0 aliphatic rings. The van der Waals surface area contributed by atoms with Gasteiger partial charge in [0.05, 0.1) is 6.10 Å². The van der Waals surface area contributed by atoms with Crippen molar-refractivity contribution in [2.24, 2.45) is 0 Å². The van der Waals surface area contributed by atoms with Gasteiger partial charge in [-0.15, -0.1) is 0 Å². The third kappa shape index (κ3) is 6.71. The summed E-state index contributed by atoms with van der Waals surface area (Å²) < 4.78 is 0. The molecule has 3 N–H and O–H groups in total. The van der Waals surface area contributed by atoms with Gasteiger partial charge in [-0.2, -0.15) is 11.8 Å². The average molecular weight is 268 g/mol. The number of amides is 1. The van der Waals surface area contributed by atoms with Crippen LogP contribution in [-0.2, 0) is 9.59 Å². The summed E-state index contributed by atoms with van der Waals surface area (Å²) in [7, 11) is 0. The second kappa shape index (κ2) is 7.54. The molecule has 5 nitrogen and oxygen atoms in total. The Morgan fingerprint density at radius 1 is 1.50 bits per heavy atom. The van der Waals surface area contributed by atoms with E-state index in [0.29, 0.717) is 0 Å². The Morgan fingerprint density at radius 2 is 2.06 bits per heavy atom. The minimum absolute atomic E-state index is 0.110. The maximum absolute atomic E-state index is 10.7. The van der Waals surface area contributed by atoms with Crippen LogP contribution in [0.3, 0.4) is 0 Å². The molecule has 0 aliphatic carbocycles. The van der Waals surface area contributed by atoms with Crippen LogP contribution in [0, 0.1) is 0 Å². The molecule has 0 aromatic carbocycles. The predicted molar refractivity (Wildman–Crippen MR) is 63.6 cm³/mol. The number of carbonyl (C=O) groups excluding carboxylic acids is 1. The molecule has 0 rings (SSSR count). The standard InChI is InChI=1S/C9H14ClNO4S/c1-5(10)8(13)4-16-3-7(9(14)15)11-6(2)12/h7-8,13H,1,3-4H2,2H3,(H,11,12)(H,14,15)/t7-,8?/m0/s1. The molecule has 1 unspecified atom stereocenters. The molecule has 0 aliphatic heterocycles. The van der Waals surface area contributed by atoms with Crippen LogP contribution in [0.5, 0.6) is 0 Å². The number of nitrogens with one attached hydrogen (secondary N) is 1. The van der Waals surface area contributed by atoms with E-state index in [4.69, 9.17) is 16.7 Å². The first kappa shape index (κ1) is 15.3. The summed E-state index contributed by atoms with van der Waals surface area (Å²) in [5, 5.41) is 20.4. The number of thioether (sulfide) groups is 1. The van der Waals surface area contributed by atoms with Crippen LogP contribution in [0.15, 0.2) is 11.6 Å². The lowest BCUT2D eigenvalue weighted by Crippen LogP contribution is -2.41.